The van der Waals surface area contributed by atoms with Crippen molar-refractivity contribution in [3.8, 4) is 0 Å². The minimum Gasteiger partial charge on any atom is -0.313 e. The van der Waals surface area contributed by atoms with Gasteiger partial charge in [-0.25, -0.2) is 0 Å². The third kappa shape index (κ3) is 3.74. The van der Waals surface area contributed by atoms with Gasteiger partial charge in [0.2, 0.25) is 0 Å². The van der Waals surface area contributed by atoms with E-state index in [0.29, 0.717) is 6.04 Å². The van der Waals surface area contributed by atoms with Gasteiger partial charge in [-0.1, -0.05) is 69.3 Å². The summed E-state index contributed by atoms with van der Waals surface area (Å²) in [5, 5.41) is 3.51. The van der Waals surface area contributed by atoms with E-state index in [4.69, 9.17) is 0 Å². The molecule has 0 amide bonds. The Morgan fingerprint density at radius 2 is 1.57 bits per heavy atom. The van der Waals surface area contributed by atoms with Crippen molar-refractivity contribution in [2.45, 2.75) is 45.6 Å². The second-order valence-electron chi connectivity index (χ2n) is 6.81. The molecule has 0 aliphatic heterocycles. The second-order valence-corrected chi connectivity index (χ2v) is 6.81. The third-order valence-electron chi connectivity index (χ3n) is 4.18. The van der Waals surface area contributed by atoms with Crippen LogP contribution in [-0.4, -0.2) is 7.05 Å². The van der Waals surface area contributed by atoms with Gasteiger partial charge < -0.3 is 5.32 Å². The molecule has 112 valence electrons. The lowest BCUT2D eigenvalue weighted by Gasteiger charge is -2.28. The van der Waals surface area contributed by atoms with Crippen LogP contribution in [0.5, 0.6) is 0 Å². The predicted molar refractivity (Wildman–Crippen MR) is 91.8 cm³/mol. The van der Waals surface area contributed by atoms with Gasteiger partial charge in [0.05, 0.1) is 0 Å². The molecule has 0 aromatic heterocycles. The Hall–Kier alpha value is -1.60. The molecule has 1 nitrogen and oxygen atoms in total. The monoisotopic (exact) mass is 281 g/mol. The van der Waals surface area contributed by atoms with Gasteiger partial charge in [-0.2, -0.15) is 0 Å². The molecule has 0 heterocycles. The summed E-state index contributed by atoms with van der Waals surface area (Å²) >= 11 is 0. The van der Waals surface area contributed by atoms with Crippen LogP contribution in [0.4, 0.5) is 0 Å². The van der Waals surface area contributed by atoms with Crippen molar-refractivity contribution in [1.29, 1.82) is 0 Å². The van der Waals surface area contributed by atoms with E-state index in [1.54, 1.807) is 0 Å². The van der Waals surface area contributed by atoms with Crippen LogP contribution in [0.3, 0.4) is 0 Å². The summed E-state index contributed by atoms with van der Waals surface area (Å²) in [4.78, 5) is 0. The fraction of sp³-hybridized carbons (Fsp3) is 0.400. The molecule has 2 rings (SSSR count). The Morgan fingerprint density at radius 3 is 2.19 bits per heavy atom. The molecule has 1 heteroatoms. The summed E-state index contributed by atoms with van der Waals surface area (Å²) in [6.07, 6.45) is 1.02. The van der Waals surface area contributed by atoms with E-state index in [2.05, 4.69) is 88.6 Å². The zero-order valence-electron chi connectivity index (χ0n) is 13.9. The summed E-state index contributed by atoms with van der Waals surface area (Å²) in [6, 6.07) is 17.8. The van der Waals surface area contributed by atoms with Crippen LogP contribution in [-0.2, 0) is 11.8 Å². The number of benzene rings is 2. The van der Waals surface area contributed by atoms with Crippen LogP contribution >= 0.6 is 0 Å². The average Bonchev–Trinajstić information content (AvgIpc) is 2.45. The average molecular weight is 281 g/mol. The number of hydrogen-bond acceptors (Lipinski definition) is 1. The first-order valence-electron chi connectivity index (χ1n) is 7.74. The van der Waals surface area contributed by atoms with Gasteiger partial charge in [0.25, 0.3) is 0 Å². The molecule has 1 N–H and O–H groups in total. The molecular formula is C20H27N. The minimum absolute atomic E-state index is 0.164. The smallest absolute Gasteiger partial charge is 0.0361 e. The van der Waals surface area contributed by atoms with Crippen molar-refractivity contribution in [3.05, 3.63) is 70.8 Å². The predicted octanol–water partition coefficient (Wildman–Crippen LogP) is 4.80. The number of aryl methyl sites for hydroxylation is 1. The Kier molecular flexibility index (Phi) is 4.84. The molecule has 2 aromatic rings. The standard InChI is InChI=1S/C20H27N/c1-15-10-6-7-11-16(15)14-19(21-5)17-12-8-9-13-18(17)20(2,3)4/h6-13,19,21H,14H2,1-5H3. The first-order chi connectivity index (χ1) is 9.93. The van der Waals surface area contributed by atoms with Gasteiger partial charge >= 0.3 is 0 Å². The van der Waals surface area contributed by atoms with E-state index in [1.165, 1.54) is 22.3 Å². The lowest BCUT2D eigenvalue weighted by Crippen LogP contribution is -2.24. The number of rotatable bonds is 4. The van der Waals surface area contributed by atoms with Crippen molar-refractivity contribution < 1.29 is 0 Å². The van der Waals surface area contributed by atoms with Gasteiger partial charge in [0, 0.05) is 6.04 Å². The molecule has 0 saturated heterocycles. The summed E-state index contributed by atoms with van der Waals surface area (Å²) in [7, 11) is 2.06. The SMILES string of the molecule is CNC(Cc1ccccc1C)c1ccccc1C(C)(C)C. The Labute approximate surface area is 129 Å². The molecule has 0 aliphatic carbocycles. The van der Waals surface area contributed by atoms with Crippen molar-refractivity contribution in [2.24, 2.45) is 0 Å². The molecular weight excluding hydrogens is 254 g/mol. The lowest BCUT2D eigenvalue weighted by atomic mass is 9.80. The molecule has 0 radical (unpaired) electrons. The van der Waals surface area contributed by atoms with Crippen LogP contribution in [0.25, 0.3) is 0 Å². The molecule has 1 unspecified atom stereocenters. The van der Waals surface area contributed by atoms with Crippen molar-refractivity contribution in [3.63, 3.8) is 0 Å². The Morgan fingerprint density at radius 1 is 0.952 bits per heavy atom. The molecule has 0 spiro atoms. The zero-order valence-corrected chi connectivity index (χ0v) is 13.9. The zero-order chi connectivity index (χ0) is 15.5. The fourth-order valence-electron chi connectivity index (χ4n) is 2.91. The summed E-state index contributed by atoms with van der Waals surface area (Å²) in [5.41, 5.74) is 5.79. The van der Waals surface area contributed by atoms with E-state index >= 15 is 0 Å². The Bertz CT molecular complexity index is 593. The van der Waals surface area contributed by atoms with Crippen LogP contribution in [0, 0.1) is 6.92 Å². The quantitative estimate of drug-likeness (QED) is 0.849. The maximum Gasteiger partial charge on any atom is 0.0361 e. The van der Waals surface area contributed by atoms with E-state index < -0.39 is 0 Å². The Balaban J connectivity index is 2.37. The highest BCUT2D eigenvalue weighted by atomic mass is 14.9. The first-order valence-corrected chi connectivity index (χ1v) is 7.74. The normalized spacial score (nSPS) is 13.2. The van der Waals surface area contributed by atoms with Crippen LogP contribution in [0.2, 0.25) is 0 Å². The van der Waals surface area contributed by atoms with E-state index in [0.717, 1.165) is 6.42 Å². The number of hydrogen-bond donors (Lipinski definition) is 1. The number of nitrogens with one attached hydrogen (secondary N) is 1. The molecule has 0 saturated carbocycles. The van der Waals surface area contributed by atoms with Gasteiger partial charge in [0.15, 0.2) is 0 Å². The molecule has 0 bridgehead atoms. The third-order valence-corrected chi connectivity index (χ3v) is 4.18. The maximum absolute atomic E-state index is 3.51. The molecule has 0 fully saturated rings. The fourth-order valence-corrected chi connectivity index (χ4v) is 2.91. The highest BCUT2D eigenvalue weighted by Crippen LogP contribution is 2.31. The highest BCUT2D eigenvalue weighted by molar-refractivity contribution is 5.37. The molecule has 0 aliphatic rings. The largest absolute Gasteiger partial charge is 0.313 e. The summed E-state index contributed by atoms with van der Waals surface area (Å²) < 4.78 is 0. The number of likely N-dealkylation sites (N-methyl/N-ethyl adjacent to an activating group) is 1. The van der Waals surface area contributed by atoms with Crippen molar-refractivity contribution in [2.75, 3.05) is 7.05 Å². The molecule has 21 heavy (non-hydrogen) atoms. The summed E-state index contributed by atoms with van der Waals surface area (Å²) in [5.74, 6) is 0. The van der Waals surface area contributed by atoms with Crippen LogP contribution in [0.15, 0.2) is 48.5 Å². The highest BCUT2D eigenvalue weighted by Gasteiger charge is 2.22. The van der Waals surface area contributed by atoms with Crippen LogP contribution in [0.1, 0.15) is 49.1 Å². The van der Waals surface area contributed by atoms with Gasteiger partial charge in [-0.3, -0.25) is 0 Å². The van der Waals surface area contributed by atoms with Crippen molar-refractivity contribution in [1.82, 2.24) is 5.32 Å². The minimum atomic E-state index is 0.164. The van der Waals surface area contributed by atoms with E-state index in [1.807, 2.05) is 0 Å². The van der Waals surface area contributed by atoms with Crippen LogP contribution < -0.4 is 5.32 Å². The van der Waals surface area contributed by atoms with E-state index in [9.17, 15) is 0 Å². The van der Waals surface area contributed by atoms with Gasteiger partial charge in [-0.05, 0) is 48.1 Å². The second kappa shape index (κ2) is 6.44. The summed E-state index contributed by atoms with van der Waals surface area (Å²) in [6.45, 7) is 9.04. The molecule has 1 atom stereocenters. The lowest BCUT2D eigenvalue weighted by molar-refractivity contribution is 0.538. The maximum atomic E-state index is 3.51. The van der Waals surface area contributed by atoms with Gasteiger partial charge in [0.1, 0.15) is 0 Å². The topological polar surface area (TPSA) is 12.0 Å². The first kappa shape index (κ1) is 15.8. The molecule has 2 aromatic carbocycles. The van der Waals surface area contributed by atoms with E-state index in [-0.39, 0.29) is 5.41 Å². The van der Waals surface area contributed by atoms with Crippen molar-refractivity contribution >= 4 is 0 Å². The van der Waals surface area contributed by atoms with Gasteiger partial charge in [-0.15, -0.1) is 0 Å².